The fraction of sp³-hybridized carbons (Fsp3) is 0.571. The van der Waals surface area contributed by atoms with Crippen molar-refractivity contribution in [3.63, 3.8) is 0 Å². The lowest BCUT2D eigenvalue weighted by Gasteiger charge is -2.33. The van der Waals surface area contributed by atoms with Gasteiger partial charge >= 0.3 is 0 Å². The van der Waals surface area contributed by atoms with Crippen LogP contribution in [0.3, 0.4) is 0 Å². The summed E-state index contributed by atoms with van der Waals surface area (Å²) in [6.45, 7) is 5.57. The third-order valence-corrected chi connectivity index (χ3v) is 5.93. The van der Waals surface area contributed by atoms with E-state index < -0.39 is 15.8 Å². The molecule has 112 valence electrons. The average Bonchev–Trinajstić information content (AvgIpc) is 2.43. The summed E-state index contributed by atoms with van der Waals surface area (Å²) in [4.78, 5) is 0.0814. The van der Waals surface area contributed by atoms with Crippen LogP contribution in [0, 0.1) is 12.7 Å². The molecule has 1 fully saturated rings. The zero-order valence-electron chi connectivity index (χ0n) is 11.9. The van der Waals surface area contributed by atoms with Crippen molar-refractivity contribution in [3.8, 4) is 0 Å². The molecule has 2 rings (SSSR count). The Balaban J connectivity index is 2.38. The van der Waals surface area contributed by atoms with Gasteiger partial charge in [-0.2, -0.15) is 4.31 Å². The molecule has 1 N–H and O–H groups in total. The van der Waals surface area contributed by atoms with E-state index in [2.05, 4.69) is 5.32 Å². The Morgan fingerprint density at radius 3 is 2.60 bits per heavy atom. The maximum atomic E-state index is 13.4. The Morgan fingerprint density at radius 1 is 1.35 bits per heavy atom. The third kappa shape index (κ3) is 3.02. The molecular formula is C14H21FN2O2S. The molecule has 20 heavy (non-hydrogen) atoms. The fourth-order valence-corrected chi connectivity index (χ4v) is 4.63. The summed E-state index contributed by atoms with van der Waals surface area (Å²) in [6, 6.07) is 3.91. The Kier molecular flexibility index (Phi) is 4.78. The van der Waals surface area contributed by atoms with Crippen molar-refractivity contribution in [1.29, 1.82) is 0 Å². The number of benzene rings is 1. The van der Waals surface area contributed by atoms with Crippen molar-refractivity contribution >= 4 is 10.0 Å². The van der Waals surface area contributed by atoms with E-state index in [1.54, 1.807) is 6.92 Å². The number of sulfonamides is 1. The van der Waals surface area contributed by atoms with Crippen LogP contribution < -0.4 is 5.32 Å². The van der Waals surface area contributed by atoms with Crippen LogP contribution in [0.1, 0.15) is 25.3 Å². The van der Waals surface area contributed by atoms with Crippen LogP contribution in [0.15, 0.2) is 23.1 Å². The van der Waals surface area contributed by atoms with Crippen LogP contribution in [-0.2, 0) is 10.0 Å². The first-order valence-corrected chi connectivity index (χ1v) is 8.39. The minimum absolute atomic E-state index is 0.00563. The van der Waals surface area contributed by atoms with E-state index in [1.807, 2.05) is 6.92 Å². The van der Waals surface area contributed by atoms with Crippen LogP contribution in [0.5, 0.6) is 0 Å². The van der Waals surface area contributed by atoms with Crippen LogP contribution in [-0.4, -0.2) is 38.4 Å². The summed E-state index contributed by atoms with van der Waals surface area (Å²) in [5.74, 6) is -0.518. The van der Waals surface area contributed by atoms with E-state index >= 15 is 0 Å². The summed E-state index contributed by atoms with van der Waals surface area (Å²) in [7, 11) is -3.64. The van der Waals surface area contributed by atoms with Crippen molar-refractivity contribution in [2.45, 2.75) is 37.6 Å². The van der Waals surface area contributed by atoms with Gasteiger partial charge in [-0.3, -0.25) is 0 Å². The number of hydrogen-bond acceptors (Lipinski definition) is 3. The van der Waals surface area contributed by atoms with Gasteiger partial charge in [-0.05, 0) is 50.6 Å². The molecule has 1 heterocycles. The molecule has 0 amide bonds. The van der Waals surface area contributed by atoms with E-state index in [4.69, 9.17) is 0 Å². The topological polar surface area (TPSA) is 49.4 Å². The van der Waals surface area contributed by atoms with E-state index in [0.29, 0.717) is 12.1 Å². The monoisotopic (exact) mass is 300 g/mol. The second kappa shape index (κ2) is 6.20. The Bertz CT molecular complexity index is 569. The smallest absolute Gasteiger partial charge is 0.243 e. The zero-order valence-corrected chi connectivity index (χ0v) is 12.7. The van der Waals surface area contributed by atoms with Crippen LogP contribution >= 0.6 is 0 Å². The quantitative estimate of drug-likeness (QED) is 0.924. The van der Waals surface area contributed by atoms with Crippen molar-refractivity contribution in [2.75, 3.05) is 19.6 Å². The number of nitrogens with zero attached hydrogens (tertiary/aromatic N) is 1. The van der Waals surface area contributed by atoms with Gasteiger partial charge in [0.1, 0.15) is 5.82 Å². The van der Waals surface area contributed by atoms with Gasteiger partial charge in [-0.1, -0.05) is 13.0 Å². The molecule has 1 aliphatic rings. The molecule has 0 atom stereocenters. The number of nitrogens with one attached hydrogen (secondary N) is 1. The second-order valence-electron chi connectivity index (χ2n) is 5.10. The first-order chi connectivity index (χ1) is 9.46. The molecule has 0 spiro atoms. The van der Waals surface area contributed by atoms with Gasteiger partial charge in [-0.25, -0.2) is 12.8 Å². The molecule has 1 saturated heterocycles. The number of aryl methyl sites for hydroxylation is 1. The fourth-order valence-electron chi connectivity index (χ4n) is 2.70. The van der Waals surface area contributed by atoms with Crippen molar-refractivity contribution in [3.05, 3.63) is 29.6 Å². The van der Waals surface area contributed by atoms with Gasteiger partial charge < -0.3 is 5.32 Å². The van der Waals surface area contributed by atoms with Crippen molar-refractivity contribution in [2.24, 2.45) is 0 Å². The highest BCUT2D eigenvalue weighted by Crippen LogP contribution is 2.25. The summed E-state index contributed by atoms with van der Waals surface area (Å²) >= 11 is 0. The van der Waals surface area contributed by atoms with Crippen LogP contribution in [0.25, 0.3) is 0 Å². The predicted octanol–water partition coefficient (Wildman–Crippen LogP) is 1.90. The highest BCUT2D eigenvalue weighted by Gasteiger charge is 2.32. The zero-order chi connectivity index (χ0) is 14.8. The van der Waals surface area contributed by atoms with Gasteiger partial charge in [0.05, 0.1) is 4.90 Å². The Morgan fingerprint density at radius 2 is 2.00 bits per heavy atom. The molecule has 6 heteroatoms. The summed E-state index contributed by atoms with van der Waals surface area (Å²) in [6.07, 6.45) is 1.59. The number of hydrogen-bond donors (Lipinski definition) is 1. The summed E-state index contributed by atoms with van der Waals surface area (Å²) in [5.41, 5.74) is 0.582. The Labute approximate surface area is 120 Å². The lowest BCUT2D eigenvalue weighted by Crippen LogP contribution is -2.46. The van der Waals surface area contributed by atoms with Crippen molar-refractivity contribution < 1.29 is 12.8 Å². The van der Waals surface area contributed by atoms with E-state index in [-0.39, 0.29) is 10.9 Å². The van der Waals surface area contributed by atoms with Crippen LogP contribution in [0.4, 0.5) is 4.39 Å². The summed E-state index contributed by atoms with van der Waals surface area (Å²) in [5, 5.41) is 3.22. The lowest BCUT2D eigenvalue weighted by atomic mass is 10.1. The number of piperidine rings is 1. The number of rotatable bonds is 4. The van der Waals surface area contributed by atoms with E-state index in [0.717, 1.165) is 32.0 Å². The Hall–Kier alpha value is -0.980. The van der Waals surface area contributed by atoms with Gasteiger partial charge in [0.25, 0.3) is 0 Å². The molecule has 4 nitrogen and oxygen atoms in total. The highest BCUT2D eigenvalue weighted by atomic mass is 32.2. The molecule has 1 aromatic carbocycles. The van der Waals surface area contributed by atoms with E-state index in [1.165, 1.54) is 16.4 Å². The maximum absolute atomic E-state index is 13.4. The normalized spacial score (nSPS) is 17.6. The first-order valence-electron chi connectivity index (χ1n) is 6.95. The predicted molar refractivity (Wildman–Crippen MR) is 76.6 cm³/mol. The van der Waals surface area contributed by atoms with Gasteiger partial charge in [0.15, 0.2) is 0 Å². The second-order valence-corrected chi connectivity index (χ2v) is 6.96. The minimum atomic E-state index is -3.64. The third-order valence-electron chi connectivity index (χ3n) is 3.76. The first kappa shape index (κ1) is 15.4. The molecule has 0 aromatic heterocycles. The van der Waals surface area contributed by atoms with Gasteiger partial charge in [0.2, 0.25) is 10.0 Å². The van der Waals surface area contributed by atoms with E-state index in [9.17, 15) is 12.8 Å². The average molecular weight is 300 g/mol. The molecule has 0 bridgehead atoms. The van der Waals surface area contributed by atoms with Gasteiger partial charge in [-0.15, -0.1) is 0 Å². The largest absolute Gasteiger partial charge is 0.317 e. The highest BCUT2D eigenvalue weighted by molar-refractivity contribution is 7.89. The molecule has 1 aliphatic heterocycles. The van der Waals surface area contributed by atoms with Crippen LogP contribution in [0.2, 0.25) is 0 Å². The molecule has 0 unspecified atom stereocenters. The summed E-state index contributed by atoms with van der Waals surface area (Å²) < 4.78 is 40.5. The lowest BCUT2D eigenvalue weighted by molar-refractivity contribution is 0.270. The molecule has 0 aliphatic carbocycles. The van der Waals surface area contributed by atoms with Gasteiger partial charge in [0, 0.05) is 12.6 Å². The molecule has 0 saturated carbocycles. The standard InChI is InChI=1S/C14H21FN2O2S/c1-3-17(13-6-8-16-9-7-13)20(18,19)14-10-12(15)5-4-11(14)2/h4-5,10,13,16H,3,6-9H2,1-2H3. The minimum Gasteiger partial charge on any atom is -0.317 e. The molecule has 1 aromatic rings. The van der Waals surface area contributed by atoms with Crippen molar-refractivity contribution in [1.82, 2.24) is 9.62 Å². The maximum Gasteiger partial charge on any atom is 0.243 e. The molecular weight excluding hydrogens is 279 g/mol. The number of halogens is 1. The molecule has 0 radical (unpaired) electrons. The SMILES string of the molecule is CCN(C1CCNCC1)S(=O)(=O)c1cc(F)ccc1C.